The Balaban J connectivity index is 1.50. The molecule has 3 aromatic rings. The quantitative estimate of drug-likeness (QED) is 0.563. The highest BCUT2D eigenvalue weighted by atomic mass is 79.9. The maximum absolute atomic E-state index is 12.1. The summed E-state index contributed by atoms with van der Waals surface area (Å²) in [6, 6.07) is 11.8. The number of sulfonamides is 1. The minimum atomic E-state index is -3.53. The van der Waals surface area contributed by atoms with Crippen molar-refractivity contribution in [3.05, 3.63) is 59.3 Å². The van der Waals surface area contributed by atoms with Crippen molar-refractivity contribution < 1.29 is 8.42 Å². The van der Waals surface area contributed by atoms with E-state index in [1.54, 1.807) is 59.5 Å². The van der Waals surface area contributed by atoms with Gasteiger partial charge in [0.15, 0.2) is 5.82 Å². The molecule has 25 heavy (non-hydrogen) atoms. The average molecular weight is 423 g/mol. The van der Waals surface area contributed by atoms with Crippen LogP contribution in [-0.4, -0.2) is 41.5 Å². The van der Waals surface area contributed by atoms with Crippen molar-refractivity contribution in [3.8, 4) is 5.82 Å². The summed E-state index contributed by atoms with van der Waals surface area (Å²) in [5, 5.41) is 15.2. The second-order valence-corrected chi connectivity index (χ2v) is 7.69. The highest BCUT2D eigenvalue weighted by molar-refractivity contribution is 9.10. The Kier molecular flexibility index (Phi) is 5.41. The molecular formula is C15H15BrN6O2S. The lowest BCUT2D eigenvalue weighted by molar-refractivity contribution is 0.583. The number of hydrogen-bond donors (Lipinski definition) is 2. The standard InChI is InChI=1S/C15H15BrN6O2S/c16-12-2-4-13(5-3-12)25(23,24)19-10-9-17-14-6-7-15(21-20-14)22-11-1-8-18-22/h1-8,11,19H,9-10H2,(H,17,20). The summed E-state index contributed by atoms with van der Waals surface area (Å²) in [5.74, 6) is 1.16. The predicted octanol–water partition coefficient (Wildman–Crippen LogP) is 1.82. The molecule has 0 bridgehead atoms. The van der Waals surface area contributed by atoms with Crippen LogP contribution in [0.1, 0.15) is 0 Å². The van der Waals surface area contributed by atoms with Crippen molar-refractivity contribution in [1.82, 2.24) is 24.7 Å². The van der Waals surface area contributed by atoms with Crippen molar-refractivity contribution in [1.29, 1.82) is 0 Å². The molecule has 130 valence electrons. The number of hydrogen-bond acceptors (Lipinski definition) is 6. The zero-order valence-corrected chi connectivity index (χ0v) is 15.4. The minimum Gasteiger partial charge on any atom is -0.367 e. The molecule has 1 aromatic carbocycles. The molecule has 0 fully saturated rings. The van der Waals surface area contributed by atoms with Gasteiger partial charge >= 0.3 is 0 Å². The Morgan fingerprint density at radius 3 is 2.48 bits per heavy atom. The van der Waals surface area contributed by atoms with Crippen molar-refractivity contribution in [2.75, 3.05) is 18.4 Å². The van der Waals surface area contributed by atoms with Gasteiger partial charge in [-0.2, -0.15) is 5.10 Å². The van der Waals surface area contributed by atoms with Gasteiger partial charge in [-0.1, -0.05) is 15.9 Å². The maximum atomic E-state index is 12.1. The van der Waals surface area contributed by atoms with E-state index < -0.39 is 10.0 Å². The van der Waals surface area contributed by atoms with Gasteiger partial charge in [-0.25, -0.2) is 17.8 Å². The van der Waals surface area contributed by atoms with Gasteiger partial charge in [-0.15, -0.1) is 10.2 Å². The van der Waals surface area contributed by atoms with Crippen LogP contribution in [0, 0.1) is 0 Å². The SMILES string of the molecule is O=S(=O)(NCCNc1ccc(-n2cccn2)nn1)c1ccc(Br)cc1. The molecule has 0 amide bonds. The van der Waals surface area contributed by atoms with Crippen LogP contribution in [0.4, 0.5) is 5.82 Å². The van der Waals surface area contributed by atoms with Crippen LogP contribution in [0.15, 0.2) is 64.2 Å². The molecule has 3 rings (SSSR count). The smallest absolute Gasteiger partial charge is 0.240 e. The first kappa shape index (κ1) is 17.5. The van der Waals surface area contributed by atoms with Gasteiger partial charge in [0.25, 0.3) is 0 Å². The Morgan fingerprint density at radius 2 is 1.84 bits per heavy atom. The number of benzene rings is 1. The van der Waals surface area contributed by atoms with Gasteiger partial charge in [0.05, 0.1) is 4.90 Å². The maximum Gasteiger partial charge on any atom is 0.240 e. The van der Waals surface area contributed by atoms with E-state index in [2.05, 4.69) is 41.3 Å². The summed E-state index contributed by atoms with van der Waals surface area (Å²) in [7, 11) is -3.53. The summed E-state index contributed by atoms with van der Waals surface area (Å²) in [6.45, 7) is 0.604. The lowest BCUT2D eigenvalue weighted by Gasteiger charge is -2.08. The molecule has 2 aromatic heterocycles. The van der Waals surface area contributed by atoms with Crippen LogP contribution < -0.4 is 10.0 Å². The molecule has 0 aliphatic carbocycles. The molecular weight excluding hydrogens is 408 g/mol. The van der Waals surface area contributed by atoms with Crippen LogP contribution in [0.3, 0.4) is 0 Å². The van der Waals surface area contributed by atoms with Gasteiger partial charge in [0.1, 0.15) is 5.82 Å². The van der Waals surface area contributed by atoms with Gasteiger partial charge in [-0.3, -0.25) is 0 Å². The number of nitrogens with zero attached hydrogens (tertiary/aromatic N) is 4. The summed E-state index contributed by atoms with van der Waals surface area (Å²) >= 11 is 3.28. The number of rotatable bonds is 7. The molecule has 0 radical (unpaired) electrons. The van der Waals surface area contributed by atoms with Crippen molar-refractivity contribution in [2.24, 2.45) is 0 Å². The van der Waals surface area contributed by atoms with Crippen LogP contribution in [0.25, 0.3) is 5.82 Å². The van der Waals surface area contributed by atoms with E-state index in [0.717, 1.165) is 4.47 Å². The first-order valence-electron chi connectivity index (χ1n) is 7.37. The van der Waals surface area contributed by atoms with E-state index in [1.807, 2.05) is 0 Å². The van der Waals surface area contributed by atoms with Gasteiger partial charge in [0, 0.05) is 30.0 Å². The third-order valence-electron chi connectivity index (χ3n) is 3.24. The highest BCUT2D eigenvalue weighted by Crippen LogP contribution is 2.14. The Hall–Kier alpha value is -2.30. The van der Waals surface area contributed by atoms with Crippen molar-refractivity contribution in [2.45, 2.75) is 4.90 Å². The molecule has 0 aliphatic heterocycles. The van der Waals surface area contributed by atoms with E-state index in [0.29, 0.717) is 18.2 Å². The number of anilines is 1. The zero-order valence-electron chi connectivity index (χ0n) is 13.0. The lowest BCUT2D eigenvalue weighted by Crippen LogP contribution is -2.29. The topological polar surface area (TPSA) is 102 Å². The second-order valence-electron chi connectivity index (χ2n) is 5.01. The molecule has 0 atom stereocenters. The minimum absolute atomic E-state index is 0.221. The fourth-order valence-corrected chi connectivity index (χ4v) is 3.32. The fraction of sp³-hybridized carbons (Fsp3) is 0.133. The van der Waals surface area contributed by atoms with Gasteiger partial charge in [0.2, 0.25) is 10.0 Å². The molecule has 0 spiro atoms. The van der Waals surface area contributed by atoms with E-state index in [-0.39, 0.29) is 11.4 Å². The summed E-state index contributed by atoms with van der Waals surface area (Å²) in [4.78, 5) is 0.221. The number of nitrogens with one attached hydrogen (secondary N) is 2. The number of halogens is 1. The fourth-order valence-electron chi connectivity index (χ4n) is 2.02. The first-order chi connectivity index (χ1) is 12.0. The Bertz CT molecular complexity index is 912. The number of aromatic nitrogens is 4. The third-order valence-corrected chi connectivity index (χ3v) is 5.24. The highest BCUT2D eigenvalue weighted by Gasteiger charge is 2.12. The summed E-state index contributed by atoms with van der Waals surface area (Å²) in [5.41, 5.74) is 0. The van der Waals surface area contributed by atoms with E-state index in [1.165, 1.54) is 0 Å². The molecule has 0 saturated carbocycles. The van der Waals surface area contributed by atoms with Crippen LogP contribution in [-0.2, 0) is 10.0 Å². The first-order valence-corrected chi connectivity index (χ1v) is 9.65. The second kappa shape index (κ2) is 7.72. The molecule has 2 heterocycles. The van der Waals surface area contributed by atoms with E-state index in [9.17, 15) is 8.42 Å². The zero-order chi connectivity index (χ0) is 17.7. The lowest BCUT2D eigenvalue weighted by atomic mass is 10.4. The summed E-state index contributed by atoms with van der Waals surface area (Å²) < 4.78 is 29.2. The van der Waals surface area contributed by atoms with E-state index in [4.69, 9.17) is 0 Å². The van der Waals surface area contributed by atoms with E-state index >= 15 is 0 Å². The van der Waals surface area contributed by atoms with Crippen molar-refractivity contribution in [3.63, 3.8) is 0 Å². The van der Waals surface area contributed by atoms with Crippen LogP contribution in [0.5, 0.6) is 0 Å². The summed E-state index contributed by atoms with van der Waals surface area (Å²) in [6.07, 6.45) is 3.43. The molecule has 8 nitrogen and oxygen atoms in total. The largest absolute Gasteiger partial charge is 0.367 e. The average Bonchev–Trinajstić information content (AvgIpc) is 3.14. The molecule has 2 N–H and O–H groups in total. The molecule has 0 aliphatic rings. The predicted molar refractivity (Wildman–Crippen MR) is 97.0 cm³/mol. The Labute approximate surface area is 153 Å². The monoisotopic (exact) mass is 422 g/mol. The third kappa shape index (κ3) is 4.62. The molecule has 0 unspecified atom stereocenters. The van der Waals surface area contributed by atoms with Gasteiger partial charge < -0.3 is 5.32 Å². The van der Waals surface area contributed by atoms with Gasteiger partial charge in [-0.05, 0) is 42.5 Å². The van der Waals surface area contributed by atoms with Crippen LogP contribution in [0.2, 0.25) is 0 Å². The molecule has 0 saturated heterocycles. The Morgan fingerprint density at radius 1 is 1.04 bits per heavy atom. The van der Waals surface area contributed by atoms with Crippen molar-refractivity contribution >= 4 is 31.8 Å². The molecule has 10 heteroatoms. The van der Waals surface area contributed by atoms with Crippen LogP contribution >= 0.6 is 15.9 Å². The normalized spacial score (nSPS) is 11.4.